The normalized spacial score (nSPS) is 14.3. The van der Waals surface area contributed by atoms with Gasteiger partial charge in [-0.2, -0.15) is 0 Å². The van der Waals surface area contributed by atoms with Crippen molar-refractivity contribution >= 4 is 10.0 Å². The van der Waals surface area contributed by atoms with Gasteiger partial charge in [-0.25, -0.2) is 12.7 Å². The molecule has 0 aliphatic heterocycles. The quantitative estimate of drug-likeness (QED) is 0.562. The summed E-state index contributed by atoms with van der Waals surface area (Å²) >= 11 is 0. The van der Waals surface area contributed by atoms with Crippen molar-refractivity contribution in [3.8, 4) is 0 Å². The van der Waals surface area contributed by atoms with E-state index < -0.39 is 10.0 Å². The Labute approximate surface area is 132 Å². The van der Waals surface area contributed by atoms with Gasteiger partial charge >= 0.3 is 0 Å². The van der Waals surface area contributed by atoms with E-state index in [1.54, 1.807) is 4.31 Å². The Balaban J connectivity index is 4.73. The van der Waals surface area contributed by atoms with Crippen molar-refractivity contribution in [2.24, 2.45) is 11.8 Å². The van der Waals surface area contributed by atoms with Gasteiger partial charge < -0.3 is 5.32 Å². The summed E-state index contributed by atoms with van der Waals surface area (Å²) in [6.07, 6.45) is 2.87. The SMILES string of the molecule is CCCNCC(C)S(=O)(=O)N(CCC(C)C)CCC(C)C. The van der Waals surface area contributed by atoms with Crippen LogP contribution < -0.4 is 5.32 Å². The second-order valence-electron chi connectivity index (χ2n) is 6.82. The largest absolute Gasteiger partial charge is 0.315 e. The van der Waals surface area contributed by atoms with Gasteiger partial charge in [-0.1, -0.05) is 34.6 Å². The number of nitrogens with one attached hydrogen (secondary N) is 1. The summed E-state index contributed by atoms with van der Waals surface area (Å²) in [5.74, 6) is 1.05. The predicted molar refractivity (Wildman–Crippen MR) is 92.0 cm³/mol. The highest BCUT2D eigenvalue weighted by Gasteiger charge is 2.28. The molecule has 1 unspecified atom stereocenters. The molecule has 0 rings (SSSR count). The molecule has 0 fully saturated rings. The van der Waals surface area contributed by atoms with E-state index in [1.165, 1.54) is 0 Å². The predicted octanol–water partition coefficient (Wildman–Crippen LogP) is 3.10. The van der Waals surface area contributed by atoms with Crippen LogP contribution >= 0.6 is 0 Å². The van der Waals surface area contributed by atoms with E-state index >= 15 is 0 Å². The van der Waals surface area contributed by atoms with E-state index in [4.69, 9.17) is 0 Å². The van der Waals surface area contributed by atoms with Crippen LogP contribution in [0.5, 0.6) is 0 Å². The van der Waals surface area contributed by atoms with Gasteiger partial charge in [0, 0.05) is 19.6 Å². The van der Waals surface area contributed by atoms with Gasteiger partial charge in [0.1, 0.15) is 0 Å². The van der Waals surface area contributed by atoms with E-state index in [2.05, 4.69) is 39.9 Å². The lowest BCUT2D eigenvalue weighted by Crippen LogP contribution is -2.43. The van der Waals surface area contributed by atoms with Crippen LogP contribution in [0.15, 0.2) is 0 Å². The maximum atomic E-state index is 12.7. The molecule has 0 aromatic heterocycles. The molecule has 0 aliphatic carbocycles. The Morgan fingerprint density at radius 2 is 1.43 bits per heavy atom. The lowest BCUT2D eigenvalue weighted by Gasteiger charge is -2.27. The fourth-order valence-electron chi connectivity index (χ4n) is 2.01. The summed E-state index contributed by atoms with van der Waals surface area (Å²) in [7, 11) is -3.20. The Kier molecular flexibility index (Phi) is 10.5. The van der Waals surface area contributed by atoms with Crippen LogP contribution in [-0.4, -0.2) is 44.2 Å². The fourth-order valence-corrected chi connectivity index (χ4v) is 3.57. The van der Waals surface area contributed by atoms with E-state index in [-0.39, 0.29) is 5.25 Å². The number of rotatable bonds is 12. The van der Waals surface area contributed by atoms with Crippen molar-refractivity contribution in [1.29, 1.82) is 0 Å². The van der Waals surface area contributed by atoms with E-state index in [1.807, 2.05) is 6.92 Å². The molecule has 128 valence electrons. The minimum atomic E-state index is -3.20. The average Bonchev–Trinajstić information content (AvgIpc) is 2.37. The van der Waals surface area contributed by atoms with Crippen molar-refractivity contribution in [3.05, 3.63) is 0 Å². The third-order valence-electron chi connectivity index (χ3n) is 3.64. The fraction of sp³-hybridized carbons (Fsp3) is 1.00. The molecule has 1 N–H and O–H groups in total. The number of hydrogen-bond donors (Lipinski definition) is 1. The standard InChI is InChI=1S/C16H36N2O2S/c1-7-10-17-13-16(6)21(19,20)18(11-8-14(2)3)12-9-15(4)5/h14-17H,7-13H2,1-6H3. The highest BCUT2D eigenvalue weighted by Crippen LogP contribution is 2.14. The summed E-state index contributed by atoms with van der Waals surface area (Å²) in [6.45, 7) is 15.2. The topological polar surface area (TPSA) is 49.4 Å². The second-order valence-corrected chi connectivity index (χ2v) is 9.17. The maximum Gasteiger partial charge on any atom is 0.217 e. The Morgan fingerprint density at radius 1 is 0.952 bits per heavy atom. The van der Waals surface area contributed by atoms with E-state index in [0.717, 1.165) is 25.8 Å². The lowest BCUT2D eigenvalue weighted by molar-refractivity contribution is 0.352. The number of nitrogens with zero attached hydrogens (tertiary/aromatic N) is 1. The summed E-state index contributed by atoms with van der Waals surface area (Å²) in [4.78, 5) is 0. The van der Waals surface area contributed by atoms with Crippen molar-refractivity contribution in [1.82, 2.24) is 9.62 Å². The third-order valence-corrected chi connectivity index (χ3v) is 5.91. The summed E-state index contributed by atoms with van der Waals surface area (Å²) in [6, 6.07) is 0. The monoisotopic (exact) mass is 320 g/mol. The van der Waals surface area contributed by atoms with Crippen molar-refractivity contribution in [2.75, 3.05) is 26.2 Å². The van der Waals surface area contributed by atoms with Crippen molar-refractivity contribution < 1.29 is 8.42 Å². The smallest absolute Gasteiger partial charge is 0.217 e. The highest BCUT2D eigenvalue weighted by atomic mass is 32.2. The Bertz CT molecular complexity index is 341. The zero-order valence-electron chi connectivity index (χ0n) is 14.9. The first kappa shape index (κ1) is 20.9. The van der Waals surface area contributed by atoms with E-state index in [0.29, 0.717) is 31.5 Å². The molecule has 0 radical (unpaired) electrons. The molecule has 0 heterocycles. The first-order valence-electron chi connectivity index (χ1n) is 8.41. The van der Waals surface area contributed by atoms with Crippen LogP contribution in [0.2, 0.25) is 0 Å². The molecule has 1 atom stereocenters. The molecule has 0 aromatic rings. The Hall–Kier alpha value is -0.130. The molecular formula is C16H36N2O2S. The first-order valence-corrected chi connectivity index (χ1v) is 9.91. The maximum absolute atomic E-state index is 12.7. The van der Waals surface area contributed by atoms with Crippen LogP contribution in [0.25, 0.3) is 0 Å². The highest BCUT2D eigenvalue weighted by molar-refractivity contribution is 7.89. The zero-order valence-corrected chi connectivity index (χ0v) is 15.7. The second kappa shape index (κ2) is 10.6. The molecule has 4 nitrogen and oxygen atoms in total. The van der Waals surface area contributed by atoms with Crippen molar-refractivity contribution in [3.63, 3.8) is 0 Å². The molecule has 0 aliphatic rings. The minimum absolute atomic E-state index is 0.358. The molecule has 21 heavy (non-hydrogen) atoms. The minimum Gasteiger partial charge on any atom is -0.315 e. The lowest BCUT2D eigenvalue weighted by atomic mass is 10.1. The van der Waals surface area contributed by atoms with Crippen molar-refractivity contribution in [2.45, 2.75) is 66.1 Å². The van der Waals surface area contributed by atoms with Gasteiger partial charge in [-0.3, -0.25) is 0 Å². The van der Waals surface area contributed by atoms with Crippen LogP contribution in [0.1, 0.15) is 60.8 Å². The van der Waals surface area contributed by atoms with Gasteiger partial charge in [0.15, 0.2) is 0 Å². The Morgan fingerprint density at radius 3 is 1.81 bits per heavy atom. The number of sulfonamides is 1. The van der Waals surface area contributed by atoms with Gasteiger partial charge in [0.05, 0.1) is 5.25 Å². The number of hydrogen-bond acceptors (Lipinski definition) is 3. The summed E-state index contributed by atoms with van der Waals surface area (Å²) in [5.41, 5.74) is 0. The van der Waals surface area contributed by atoms with Crippen LogP contribution in [0, 0.1) is 11.8 Å². The molecule has 5 heteroatoms. The van der Waals surface area contributed by atoms with E-state index in [9.17, 15) is 8.42 Å². The summed E-state index contributed by atoms with van der Waals surface area (Å²) in [5, 5.41) is 2.86. The summed E-state index contributed by atoms with van der Waals surface area (Å²) < 4.78 is 27.2. The van der Waals surface area contributed by atoms with Gasteiger partial charge in [0.2, 0.25) is 10.0 Å². The molecule has 0 spiro atoms. The molecule has 0 amide bonds. The van der Waals surface area contributed by atoms with Crippen LogP contribution in [-0.2, 0) is 10.0 Å². The van der Waals surface area contributed by atoms with Crippen LogP contribution in [0.3, 0.4) is 0 Å². The van der Waals surface area contributed by atoms with Gasteiger partial charge in [0.25, 0.3) is 0 Å². The first-order chi connectivity index (χ1) is 9.71. The average molecular weight is 321 g/mol. The molecular weight excluding hydrogens is 284 g/mol. The van der Waals surface area contributed by atoms with Crippen LogP contribution in [0.4, 0.5) is 0 Å². The molecule has 0 aromatic carbocycles. The molecule has 0 saturated heterocycles. The third kappa shape index (κ3) is 8.79. The van der Waals surface area contributed by atoms with Gasteiger partial charge in [-0.05, 0) is 44.6 Å². The zero-order chi connectivity index (χ0) is 16.5. The van der Waals surface area contributed by atoms with Gasteiger partial charge in [-0.15, -0.1) is 0 Å². The molecule has 0 bridgehead atoms. The molecule has 0 saturated carbocycles.